The molecule has 0 aromatic rings. The van der Waals surface area contributed by atoms with Crippen molar-refractivity contribution in [2.45, 2.75) is 19.8 Å². The number of aliphatic imine (C=N–C) groups is 1. The first-order valence-corrected chi connectivity index (χ1v) is 3.50. The Morgan fingerprint density at radius 3 is 3.10 bits per heavy atom. The predicted octanol–water partition coefficient (Wildman–Crippen LogP) is 1.82. The molecule has 0 aromatic heterocycles. The summed E-state index contributed by atoms with van der Waals surface area (Å²) >= 11 is 0. The van der Waals surface area contributed by atoms with Crippen molar-refractivity contribution in [2.75, 3.05) is 0 Å². The standard InChI is InChI=1S/C8H12N2/c1-8-9-6-4-2-3-5-7-10-8/h4-7H,2-3H2,1H3,(H,9,10)/b6-4+,7-5?. The van der Waals surface area contributed by atoms with Gasteiger partial charge in [-0.1, -0.05) is 12.2 Å². The molecule has 0 atom stereocenters. The highest BCUT2D eigenvalue weighted by molar-refractivity contribution is 5.80. The van der Waals surface area contributed by atoms with Crippen LogP contribution in [0.3, 0.4) is 0 Å². The zero-order chi connectivity index (χ0) is 7.23. The lowest BCUT2D eigenvalue weighted by Crippen LogP contribution is -2.11. The fourth-order valence-electron chi connectivity index (χ4n) is 0.732. The number of hydrogen-bond donors (Lipinski definition) is 1. The Hall–Kier alpha value is -1.05. The molecule has 0 fully saturated rings. The molecule has 1 aliphatic heterocycles. The summed E-state index contributed by atoms with van der Waals surface area (Å²) in [5.74, 6) is 0.939. The van der Waals surface area contributed by atoms with E-state index >= 15 is 0 Å². The van der Waals surface area contributed by atoms with E-state index in [0.29, 0.717) is 0 Å². The van der Waals surface area contributed by atoms with Crippen molar-refractivity contribution < 1.29 is 0 Å². The molecule has 0 amide bonds. The van der Waals surface area contributed by atoms with E-state index in [1.165, 1.54) is 0 Å². The smallest absolute Gasteiger partial charge is 0.102 e. The van der Waals surface area contributed by atoms with Crippen LogP contribution in [0.4, 0.5) is 0 Å². The minimum Gasteiger partial charge on any atom is -0.351 e. The lowest BCUT2D eigenvalue weighted by molar-refractivity contribution is 1.04. The van der Waals surface area contributed by atoms with Gasteiger partial charge in [-0.05, 0) is 26.0 Å². The van der Waals surface area contributed by atoms with E-state index in [4.69, 9.17) is 0 Å². The second kappa shape index (κ2) is 3.88. The zero-order valence-corrected chi connectivity index (χ0v) is 6.17. The van der Waals surface area contributed by atoms with Crippen molar-refractivity contribution in [1.29, 1.82) is 0 Å². The fourth-order valence-corrected chi connectivity index (χ4v) is 0.732. The summed E-state index contributed by atoms with van der Waals surface area (Å²) in [7, 11) is 0. The van der Waals surface area contributed by atoms with Crippen molar-refractivity contribution >= 4 is 5.84 Å². The van der Waals surface area contributed by atoms with Gasteiger partial charge in [-0.15, -0.1) is 0 Å². The van der Waals surface area contributed by atoms with Gasteiger partial charge in [0.05, 0.1) is 0 Å². The normalized spacial score (nSPS) is 21.5. The molecule has 0 radical (unpaired) electrons. The van der Waals surface area contributed by atoms with Gasteiger partial charge in [0.1, 0.15) is 5.84 Å². The van der Waals surface area contributed by atoms with Crippen molar-refractivity contribution in [3.8, 4) is 0 Å². The average molecular weight is 136 g/mol. The molecule has 1 heterocycles. The van der Waals surface area contributed by atoms with Crippen LogP contribution in [0.2, 0.25) is 0 Å². The predicted molar refractivity (Wildman–Crippen MR) is 43.8 cm³/mol. The maximum atomic E-state index is 4.12. The van der Waals surface area contributed by atoms with E-state index in [1.54, 1.807) is 0 Å². The highest BCUT2D eigenvalue weighted by Gasteiger charge is 1.84. The minimum atomic E-state index is 0.939. The first-order chi connectivity index (χ1) is 4.89. The highest BCUT2D eigenvalue weighted by atomic mass is 15.0. The van der Waals surface area contributed by atoms with Gasteiger partial charge in [0, 0.05) is 6.20 Å². The van der Waals surface area contributed by atoms with E-state index in [9.17, 15) is 0 Å². The van der Waals surface area contributed by atoms with E-state index in [2.05, 4.69) is 22.5 Å². The second-order valence-corrected chi connectivity index (χ2v) is 2.22. The maximum Gasteiger partial charge on any atom is 0.102 e. The summed E-state index contributed by atoms with van der Waals surface area (Å²) in [5.41, 5.74) is 0. The molecule has 0 aromatic carbocycles. The number of allylic oxidation sites excluding steroid dienone is 2. The summed E-state index contributed by atoms with van der Waals surface area (Å²) in [4.78, 5) is 4.12. The number of nitrogens with zero attached hydrogens (tertiary/aromatic N) is 1. The summed E-state index contributed by atoms with van der Waals surface area (Å²) in [6.07, 6.45) is 10.1. The van der Waals surface area contributed by atoms with Crippen molar-refractivity contribution in [2.24, 2.45) is 4.99 Å². The Balaban J connectivity index is 2.57. The highest BCUT2D eigenvalue weighted by Crippen LogP contribution is 1.94. The topological polar surface area (TPSA) is 24.4 Å². The van der Waals surface area contributed by atoms with Crippen LogP contribution in [0, 0.1) is 0 Å². The number of rotatable bonds is 0. The van der Waals surface area contributed by atoms with Gasteiger partial charge in [0.25, 0.3) is 0 Å². The van der Waals surface area contributed by atoms with Gasteiger partial charge in [-0.3, -0.25) is 0 Å². The molecule has 54 valence electrons. The van der Waals surface area contributed by atoms with Crippen LogP contribution in [-0.2, 0) is 0 Å². The van der Waals surface area contributed by atoms with Crippen LogP contribution in [0.25, 0.3) is 0 Å². The van der Waals surface area contributed by atoms with Gasteiger partial charge in [-0.25, -0.2) is 4.99 Å². The van der Waals surface area contributed by atoms with Gasteiger partial charge in [0.15, 0.2) is 0 Å². The summed E-state index contributed by atoms with van der Waals surface area (Å²) in [6, 6.07) is 0. The van der Waals surface area contributed by atoms with Gasteiger partial charge >= 0.3 is 0 Å². The molecular formula is C8H12N2. The quantitative estimate of drug-likeness (QED) is 0.539. The molecule has 0 spiro atoms. The molecular weight excluding hydrogens is 124 g/mol. The molecule has 2 heteroatoms. The maximum absolute atomic E-state index is 4.12. The van der Waals surface area contributed by atoms with Crippen LogP contribution in [0.15, 0.2) is 29.5 Å². The molecule has 1 rings (SSSR count). The monoisotopic (exact) mass is 136 g/mol. The van der Waals surface area contributed by atoms with Crippen LogP contribution in [0.5, 0.6) is 0 Å². The first-order valence-electron chi connectivity index (χ1n) is 3.50. The third kappa shape index (κ3) is 2.49. The minimum absolute atomic E-state index is 0.939. The van der Waals surface area contributed by atoms with Crippen LogP contribution in [0.1, 0.15) is 19.8 Å². The van der Waals surface area contributed by atoms with E-state index in [1.807, 2.05) is 19.3 Å². The van der Waals surface area contributed by atoms with Crippen LogP contribution in [-0.4, -0.2) is 5.84 Å². The number of amidine groups is 1. The second-order valence-electron chi connectivity index (χ2n) is 2.22. The van der Waals surface area contributed by atoms with Crippen molar-refractivity contribution in [3.05, 3.63) is 24.6 Å². The summed E-state index contributed by atoms with van der Waals surface area (Å²) < 4.78 is 0. The Kier molecular flexibility index (Phi) is 2.74. The van der Waals surface area contributed by atoms with Gasteiger partial charge < -0.3 is 5.32 Å². The van der Waals surface area contributed by atoms with Gasteiger partial charge in [-0.2, -0.15) is 0 Å². The van der Waals surface area contributed by atoms with Crippen molar-refractivity contribution in [1.82, 2.24) is 5.32 Å². The Bertz CT molecular complexity index is 178. The molecule has 0 unspecified atom stereocenters. The lowest BCUT2D eigenvalue weighted by Gasteiger charge is -1.93. The number of nitrogens with one attached hydrogen (secondary N) is 1. The Labute approximate surface area is 61.4 Å². The third-order valence-electron chi connectivity index (χ3n) is 1.28. The Morgan fingerprint density at radius 1 is 1.40 bits per heavy atom. The van der Waals surface area contributed by atoms with Crippen molar-refractivity contribution in [3.63, 3.8) is 0 Å². The molecule has 1 N–H and O–H groups in total. The SMILES string of the molecule is CC1=NC=CCC/C=C/N1. The summed E-state index contributed by atoms with van der Waals surface area (Å²) in [5, 5.41) is 3.04. The molecule has 0 saturated heterocycles. The summed E-state index contributed by atoms with van der Waals surface area (Å²) in [6.45, 7) is 1.94. The fraction of sp³-hybridized carbons (Fsp3) is 0.375. The molecule has 0 saturated carbocycles. The first kappa shape index (κ1) is 7.06. The molecule has 2 nitrogen and oxygen atoms in total. The van der Waals surface area contributed by atoms with E-state index in [-0.39, 0.29) is 0 Å². The molecule has 1 aliphatic rings. The molecule has 0 aliphatic carbocycles. The zero-order valence-electron chi connectivity index (χ0n) is 6.17. The van der Waals surface area contributed by atoms with Crippen LogP contribution < -0.4 is 5.32 Å². The largest absolute Gasteiger partial charge is 0.351 e. The molecule has 10 heavy (non-hydrogen) atoms. The third-order valence-corrected chi connectivity index (χ3v) is 1.28. The van der Waals surface area contributed by atoms with E-state index in [0.717, 1.165) is 18.7 Å². The van der Waals surface area contributed by atoms with Gasteiger partial charge in [0.2, 0.25) is 0 Å². The number of hydrogen-bond acceptors (Lipinski definition) is 2. The van der Waals surface area contributed by atoms with Crippen LogP contribution >= 0.6 is 0 Å². The molecule has 0 bridgehead atoms. The lowest BCUT2D eigenvalue weighted by atomic mass is 10.3. The Morgan fingerprint density at radius 2 is 2.20 bits per heavy atom. The van der Waals surface area contributed by atoms with E-state index < -0.39 is 0 Å². The average Bonchev–Trinajstić information content (AvgIpc) is 2.02.